The molecule has 0 aliphatic rings. The van der Waals surface area contributed by atoms with Crippen LogP contribution in [-0.2, 0) is 9.47 Å². The van der Waals surface area contributed by atoms with Gasteiger partial charge in [-0.05, 0) is 12.3 Å². The minimum atomic E-state index is -4.45. The maximum atomic E-state index is 12.8. The average Bonchev–Trinajstić information content (AvgIpc) is 2.38. The molecule has 0 aromatic heterocycles. The van der Waals surface area contributed by atoms with Crippen LogP contribution >= 0.6 is 0 Å². The van der Waals surface area contributed by atoms with Gasteiger partial charge in [-0.1, -0.05) is 20.3 Å². The summed E-state index contributed by atoms with van der Waals surface area (Å²) in [6, 6.07) is -2.66. The first kappa shape index (κ1) is 19.0. The molecule has 120 valence electrons. The second-order valence-corrected chi connectivity index (χ2v) is 4.47. The van der Waals surface area contributed by atoms with Gasteiger partial charge in [-0.3, -0.25) is 0 Å². The maximum absolute atomic E-state index is 12.8. The van der Waals surface area contributed by atoms with Crippen molar-refractivity contribution < 1.29 is 27.4 Å². The number of ether oxygens (including phenoxy) is 2. The predicted octanol–water partition coefficient (Wildman–Crippen LogP) is 2.27. The molecular formula is C12H23F3N2O3. The molecule has 2 N–H and O–H groups in total. The van der Waals surface area contributed by atoms with Crippen LogP contribution in [-0.4, -0.2) is 45.3 Å². The average molecular weight is 300 g/mol. The molecule has 2 atom stereocenters. The molecule has 2 unspecified atom stereocenters. The SMILES string of the molecule is CCC(C)C(NC(=O)NCCCOCOC)C(F)(F)F. The van der Waals surface area contributed by atoms with Gasteiger partial charge in [0.05, 0.1) is 6.61 Å². The summed E-state index contributed by atoms with van der Waals surface area (Å²) in [5.41, 5.74) is 0. The topological polar surface area (TPSA) is 59.6 Å². The lowest BCUT2D eigenvalue weighted by molar-refractivity contribution is -0.163. The van der Waals surface area contributed by atoms with Gasteiger partial charge in [0.15, 0.2) is 0 Å². The van der Waals surface area contributed by atoms with Crippen LogP contribution in [0, 0.1) is 5.92 Å². The van der Waals surface area contributed by atoms with Crippen molar-refractivity contribution in [1.82, 2.24) is 10.6 Å². The number of urea groups is 1. The van der Waals surface area contributed by atoms with Crippen molar-refractivity contribution in [2.75, 3.05) is 27.1 Å². The summed E-state index contributed by atoms with van der Waals surface area (Å²) in [6.45, 7) is 3.85. The summed E-state index contributed by atoms with van der Waals surface area (Å²) >= 11 is 0. The molecular weight excluding hydrogens is 277 g/mol. The number of carbonyl (C=O) groups is 1. The molecule has 2 amide bonds. The normalized spacial score (nSPS) is 14.7. The third-order valence-corrected chi connectivity index (χ3v) is 2.80. The zero-order chi connectivity index (χ0) is 15.6. The Bertz CT molecular complexity index is 275. The molecule has 8 heteroatoms. The van der Waals surface area contributed by atoms with Crippen molar-refractivity contribution >= 4 is 6.03 Å². The van der Waals surface area contributed by atoms with E-state index in [2.05, 4.69) is 10.1 Å². The fraction of sp³-hybridized carbons (Fsp3) is 0.917. The van der Waals surface area contributed by atoms with Gasteiger partial charge in [0.1, 0.15) is 12.8 Å². The fourth-order valence-electron chi connectivity index (χ4n) is 1.49. The maximum Gasteiger partial charge on any atom is 0.408 e. The molecule has 0 aliphatic carbocycles. The molecule has 0 aliphatic heterocycles. The highest BCUT2D eigenvalue weighted by Crippen LogP contribution is 2.27. The zero-order valence-electron chi connectivity index (χ0n) is 12.0. The highest BCUT2D eigenvalue weighted by molar-refractivity contribution is 5.74. The van der Waals surface area contributed by atoms with Crippen molar-refractivity contribution in [1.29, 1.82) is 0 Å². The Labute approximate surface area is 117 Å². The van der Waals surface area contributed by atoms with E-state index in [1.54, 1.807) is 6.92 Å². The van der Waals surface area contributed by atoms with Gasteiger partial charge in [0, 0.05) is 13.7 Å². The number of rotatable bonds is 9. The van der Waals surface area contributed by atoms with E-state index in [1.807, 2.05) is 5.32 Å². The van der Waals surface area contributed by atoms with E-state index in [0.717, 1.165) is 0 Å². The number of alkyl halides is 3. The number of carbonyl (C=O) groups excluding carboxylic acids is 1. The van der Waals surface area contributed by atoms with Crippen LogP contribution in [0.5, 0.6) is 0 Å². The second-order valence-electron chi connectivity index (χ2n) is 4.47. The van der Waals surface area contributed by atoms with E-state index in [-0.39, 0.29) is 13.3 Å². The van der Waals surface area contributed by atoms with Gasteiger partial charge in [-0.2, -0.15) is 13.2 Å². The first-order valence-corrected chi connectivity index (χ1v) is 6.50. The van der Waals surface area contributed by atoms with E-state index in [0.29, 0.717) is 19.4 Å². The van der Waals surface area contributed by atoms with Crippen LogP contribution in [0.4, 0.5) is 18.0 Å². The Morgan fingerprint density at radius 2 is 2.00 bits per heavy atom. The molecule has 0 spiro atoms. The third-order valence-electron chi connectivity index (χ3n) is 2.80. The Hall–Kier alpha value is -1.02. The lowest BCUT2D eigenvalue weighted by Gasteiger charge is -2.26. The van der Waals surface area contributed by atoms with Crippen LogP contribution in [0.25, 0.3) is 0 Å². The highest BCUT2D eigenvalue weighted by atomic mass is 19.4. The highest BCUT2D eigenvalue weighted by Gasteiger charge is 2.43. The molecule has 20 heavy (non-hydrogen) atoms. The lowest BCUT2D eigenvalue weighted by Crippen LogP contribution is -2.52. The zero-order valence-corrected chi connectivity index (χ0v) is 12.0. The van der Waals surface area contributed by atoms with Gasteiger partial charge < -0.3 is 20.1 Å². The minimum absolute atomic E-state index is 0.149. The molecule has 5 nitrogen and oxygen atoms in total. The molecule has 0 saturated heterocycles. The summed E-state index contributed by atoms with van der Waals surface area (Å²) in [6.07, 6.45) is -3.62. The second kappa shape index (κ2) is 9.82. The molecule has 0 heterocycles. The summed E-state index contributed by atoms with van der Waals surface area (Å²) in [5.74, 6) is -0.675. The molecule has 0 rings (SSSR count). The van der Waals surface area contributed by atoms with E-state index in [9.17, 15) is 18.0 Å². The lowest BCUT2D eigenvalue weighted by atomic mass is 9.99. The van der Waals surface area contributed by atoms with Crippen molar-refractivity contribution in [2.24, 2.45) is 5.92 Å². The molecule has 0 fully saturated rings. The summed E-state index contributed by atoms with van der Waals surface area (Å²) in [7, 11) is 1.48. The quantitative estimate of drug-likeness (QED) is 0.507. The Kier molecular flexibility index (Phi) is 9.32. The summed E-state index contributed by atoms with van der Waals surface area (Å²) in [4.78, 5) is 11.4. The monoisotopic (exact) mass is 300 g/mol. The number of hydrogen-bond donors (Lipinski definition) is 2. The third kappa shape index (κ3) is 8.21. The van der Waals surface area contributed by atoms with Gasteiger partial charge in [0.2, 0.25) is 0 Å². The van der Waals surface area contributed by atoms with Gasteiger partial charge in [-0.25, -0.2) is 4.79 Å². The van der Waals surface area contributed by atoms with Crippen LogP contribution in [0.1, 0.15) is 26.7 Å². The fourth-order valence-corrected chi connectivity index (χ4v) is 1.49. The number of hydrogen-bond acceptors (Lipinski definition) is 3. The van der Waals surface area contributed by atoms with Gasteiger partial charge >= 0.3 is 12.2 Å². The number of amides is 2. The largest absolute Gasteiger partial charge is 0.408 e. The smallest absolute Gasteiger partial charge is 0.359 e. The van der Waals surface area contributed by atoms with Crippen LogP contribution in [0.15, 0.2) is 0 Å². The molecule has 0 aromatic carbocycles. The standard InChI is InChI=1S/C12H23F3N2O3/c1-4-9(2)10(12(13,14)15)17-11(18)16-6-5-7-20-8-19-3/h9-10H,4-8H2,1-3H3,(H2,16,17,18). The van der Waals surface area contributed by atoms with Crippen molar-refractivity contribution in [3.63, 3.8) is 0 Å². The van der Waals surface area contributed by atoms with E-state index in [1.165, 1.54) is 14.0 Å². The van der Waals surface area contributed by atoms with Gasteiger partial charge in [-0.15, -0.1) is 0 Å². The van der Waals surface area contributed by atoms with Crippen molar-refractivity contribution in [3.8, 4) is 0 Å². The Balaban J connectivity index is 4.02. The first-order valence-electron chi connectivity index (χ1n) is 6.50. The Morgan fingerprint density at radius 3 is 2.50 bits per heavy atom. The molecule has 0 bridgehead atoms. The Morgan fingerprint density at radius 1 is 1.35 bits per heavy atom. The van der Waals surface area contributed by atoms with Gasteiger partial charge in [0.25, 0.3) is 0 Å². The van der Waals surface area contributed by atoms with E-state index >= 15 is 0 Å². The number of nitrogens with one attached hydrogen (secondary N) is 2. The predicted molar refractivity (Wildman–Crippen MR) is 68.3 cm³/mol. The number of methoxy groups -OCH3 is 1. The first-order chi connectivity index (χ1) is 9.32. The van der Waals surface area contributed by atoms with E-state index < -0.39 is 24.2 Å². The van der Waals surface area contributed by atoms with Crippen LogP contribution in [0.3, 0.4) is 0 Å². The van der Waals surface area contributed by atoms with Crippen LogP contribution < -0.4 is 10.6 Å². The van der Waals surface area contributed by atoms with E-state index in [4.69, 9.17) is 4.74 Å². The number of halogens is 3. The van der Waals surface area contributed by atoms with Crippen molar-refractivity contribution in [2.45, 2.75) is 38.9 Å². The molecule has 0 saturated carbocycles. The van der Waals surface area contributed by atoms with Crippen LogP contribution in [0.2, 0.25) is 0 Å². The summed E-state index contributed by atoms with van der Waals surface area (Å²) in [5, 5.41) is 4.34. The molecule has 0 aromatic rings. The summed E-state index contributed by atoms with van der Waals surface area (Å²) < 4.78 is 47.9. The van der Waals surface area contributed by atoms with Crippen molar-refractivity contribution in [3.05, 3.63) is 0 Å². The molecule has 0 radical (unpaired) electrons. The minimum Gasteiger partial charge on any atom is -0.359 e.